The third kappa shape index (κ3) is 3.29. The van der Waals surface area contributed by atoms with Crippen LogP contribution in [0, 0.1) is 0 Å². The van der Waals surface area contributed by atoms with E-state index in [2.05, 4.69) is 53.0 Å². The molecule has 4 heterocycles. The number of likely N-dealkylation sites (N-methyl/N-ethyl adjacent to an activating group) is 1. The number of anilines is 1. The molecule has 0 spiro atoms. The van der Waals surface area contributed by atoms with Gasteiger partial charge in [-0.05, 0) is 38.4 Å². The second-order valence-corrected chi connectivity index (χ2v) is 9.45. The number of aryl methyl sites for hydroxylation is 1. The van der Waals surface area contributed by atoms with Gasteiger partial charge >= 0.3 is 0 Å². The van der Waals surface area contributed by atoms with Gasteiger partial charge in [-0.25, -0.2) is 0 Å². The highest BCUT2D eigenvalue weighted by Gasteiger charge is 2.33. The van der Waals surface area contributed by atoms with Crippen molar-refractivity contribution in [1.29, 1.82) is 0 Å². The molecule has 0 N–H and O–H groups in total. The number of hydrogen-bond acceptors (Lipinski definition) is 7. The summed E-state index contributed by atoms with van der Waals surface area (Å²) in [6.07, 6.45) is 4.61. The normalized spacial score (nSPS) is 17.8. The standard InChI is InChI=1S/C21H29N7O/c1-21(2,3)20-23-22-18-9-10-19(24-28(18)20)27-11-14(12-27)26(4)13-16-15-7-5-6-8-17(15)29-25-16/h9-10,14H,5-8,11-13H2,1-4H3. The smallest absolute Gasteiger partial charge is 0.178 e. The molecule has 1 aliphatic heterocycles. The molecule has 0 aromatic carbocycles. The summed E-state index contributed by atoms with van der Waals surface area (Å²) in [7, 11) is 2.18. The molecule has 8 heteroatoms. The van der Waals surface area contributed by atoms with Crippen molar-refractivity contribution in [1.82, 2.24) is 29.9 Å². The van der Waals surface area contributed by atoms with E-state index in [1.54, 1.807) is 0 Å². The first kappa shape index (κ1) is 18.5. The Morgan fingerprint density at radius 2 is 1.93 bits per heavy atom. The van der Waals surface area contributed by atoms with Gasteiger partial charge in [0, 0.05) is 43.1 Å². The number of rotatable bonds is 4. The summed E-state index contributed by atoms with van der Waals surface area (Å²) in [6, 6.07) is 4.54. The fourth-order valence-electron chi connectivity index (χ4n) is 4.28. The summed E-state index contributed by atoms with van der Waals surface area (Å²) in [5.74, 6) is 2.97. The van der Waals surface area contributed by atoms with Crippen LogP contribution in [0.5, 0.6) is 0 Å². The predicted octanol–water partition coefficient (Wildman–Crippen LogP) is 2.61. The second-order valence-electron chi connectivity index (χ2n) is 9.45. The van der Waals surface area contributed by atoms with Crippen molar-refractivity contribution in [2.24, 2.45) is 0 Å². The maximum atomic E-state index is 5.57. The molecular formula is C21H29N7O. The Labute approximate surface area is 170 Å². The third-order valence-corrected chi connectivity index (χ3v) is 6.16. The van der Waals surface area contributed by atoms with Crippen LogP contribution in [-0.2, 0) is 24.8 Å². The van der Waals surface area contributed by atoms with Gasteiger partial charge in [0.2, 0.25) is 0 Å². The summed E-state index contributed by atoms with van der Waals surface area (Å²) in [4.78, 5) is 4.70. The van der Waals surface area contributed by atoms with Crippen molar-refractivity contribution in [2.45, 2.75) is 64.5 Å². The van der Waals surface area contributed by atoms with Crippen LogP contribution in [0.25, 0.3) is 5.65 Å². The molecule has 5 rings (SSSR count). The fraction of sp³-hybridized carbons (Fsp3) is 0.619. The number of nitrogens with zero attached hydrogens (tertiary/aromatic N) is 7. The Morgan fingerprint density at radius 3 is 2.72 bits per heavy atom. The molecule has 8 nitrogen and oxygen atoms in total. The van der Waals surface area contributed by atoms with Crippen LogP contribution in [0.2, 0.25) is 0 Å². The van der Waals surface area contributed by atoms with Gasteiger partial charge in [0.05, 0.1) is 0 Å². The van der Waals surface area contributed by atoms with Gasteiger partial charge in [-0.2, -0.15) is 4.52 Å². The van der Waals surface area contributed by atoms with Crippen LogP contribution in [0.3, 0.4) is 0 Å². The molecule has 3 aromatic heterocycles. The van der Waals surface area contributed by atoms with Crippen molar-refractivity contribution < 1.29 is 4.52 Å². The zero-order chi connectivity index (χ0) is 20.2. The summed E-state index contributed by atoms with van der Waals surface area (Å²) in [5, 5.41) is 17.8. The molecule has 29 heavy (non-hydrogen) atoms. The highest BCUT2D eigenvalue weighted by molar-refractivity contribution is 5.48. The Morgan fingerprint density at radius 1 is 1.14 bits per heavy atom. The van der Waals surface area contributed by atoms with Crippen LogP contribution < -0.4 is 4.90 Å². The number of aromatic nitrogens is 5. The Balaban J connectivity index is 1.26. The maximum Gasteiger partial charge on any atom is 0.178 e. The molecule has 3 aromatic rings. The highest BCUT2D eigenvalue weighted by Crippen LogP contribution is 2.28. The summed E-state index contributed by atoms with van der Waals surface area (Å²) >= 11 is 0. The van der Waals surface area contributed by atoms with Gasteiger partial charge < -0.3 is 9.42 Å². The van der Waals surface area contributed by atoms with Crippen molar-refractivity contribution in [3.63, 3.8) is 0 Å². The molecule has 1 aliphatic carbocycles. The summed E-state index contributed by atoms with van der Waals surface area (Å²) in [5.41, 5.74) is 3.18. The number of fused-ring (bicyclic) bond motifs is 2. The monoisotopic (exact) mass is 395 g/mol. The Bertz CT molecular complexity index is 1030. The van der Waals surface area contributed by atoms with Gasteiger partial charge in [-0.3, -0.25) is 4.90 Å². The third-order valence-electron chi connectivity index (χ3n) is 6.16. The van der Waals surface area contributed by atoms with E-state index in [4.69, 9.17) is 9.62 Å². The zero-order valence-corrected chi connectivity index (χ0v) is 17.7. The van der Waals surface area contributed by atoms with Gasteiger partial charge in [0.15, 0.2) is 11.5 Å². The van der Waals surface area contributed by atoms with Crippen LogP contribution in [0.1, 0.15) is 56.5 Å². The number of hydrogen-bond donors (Lipinski definition) is 0. The van der Waals surface area contributed by atoms with E-state index in [9.17, 15) is 0 Å². The summed E-state index contributed by atoms with van der Waals surface area (Å²) in [6.45, 7) is 9.17. The minimum atomic E-state index is -0.0977. The highest BCUT2D eigenvalue weighted by atomic mass is 16.5. The molecule has 154 valence electrons. The molecule has 0 radical (unpaired) electrons. The Hall–Kier alpha value is -2.48. The van der Waals surface area contributed by atoms with E-state index in [1.807, 2.05) is 16.6 Å². The molecule has 2 aliphatic rings. The van der Waals surface area contributed by atoms with Crippen LogP contribution in [-0.4, -0.2) is 56.0 Å². The van der Waals surface area contributed by atoms with Gasteiger partial charge in [0.25, 0.3) is 0 Å². The molecular weight excluding hydrogens is 366 g/mol. The van der Waals surface area contributed by atoms with Gasteiger partial charge in [-0.1, -0.05) is 25.9 Å². The van der Waals surface area contributed by atoms with Gasteiger partial charge in [0.1, 0.15) is 17.3 Å². The van der Waals surface area contributed by atoms with E-state index < -0.39 is 0 Å². The average molecular weight is 396 g/mol. The van der Waals surface area contributed by atoms with Crippen molar-refractivity contribution in [3.8, 4) is 0 Å². The lowest BCUT2D eigenvalue weighted by atomic mass is 9.96. The van der Waals surface area contributed by atoms with E-state index in [0.29, 0.717) is 6.04 Å². The van der Waals surface area contributed by atoms with Crippen molar-refractivity contribution in [3.05, 3.63) is 35.0 Å². The van der Waals surface area contributed by atoms with Crippen LogP contribution in [0.15, 0.2) is 16.7 Å². The van der Waals surface area contributed by atoms with Crippen LogP contribution in [0.4, 0.5) is 5.82 Å². The van der Waals surface area contributed by atoms with Gasteiger partial charge in [-0.15, -0.1) is 15.3 Å². The lowest BCUT2D eigenvalue weighted by Crippen LogP contribution is -2.58. The zero-order valence-electron chi connectivity index (χ0n) is 17.7. The molecule has 0 unspecified atom stereocenters. The van der Waals surface area contributed by atoms with E-state index in [0.717, 1.165) is 61.2 Å². The fourth-order valence-corrected chi connectivity index (χ4v) is 4.28. The first-order chi connectivity index (χ1) is 13.9. The predicted molar refractivity (Wildman–Crippen MR) is 110 cm³/mol. The first-order valence-electron chi connectivity index (χ1n) is 10.5. The van der Waals surface area contributed by atoms with E-state index in [-0.39, 0.29) is 5.41 Å². The summed E-state index contributed by atoms with van der Waals surface area (Å²) < 4.78 is 7.45. The topological polar surface area (TPSA) is 75.6 Å². The van der Waals surface area contributed by atoms with E-state index >= 15 is 0 Å². The molecule has 0 atom stereocenters. The average Bonchev–Trinajstić information content (AvgIpc) is 3.24. The molecule has 1 saturated heterocycles. The lowest BCUT2D eigenvalue weighted by Gasteiger charge is -2.44. The second kappa shape index (κ2) is 6.79. The largest absolute Gasteiger partial charge is 0.361 e. The molecule has 0 amide bonds. The van der Waals surface area contributed by atoms with Crippen molar-refractivity contribution >= 4 is 11.5 Å². The first-order valence-corrected chi connectivity index (χ1v) is 10.5. The van der Waals surface area contributed by atoms with Crippen molar-refractivity contribution in [2.75, 3.05) is 25.0 Å². The quantitative estimate of drug-likeness (QED) is 0.672. The minimum Gasteiger partial charge on any atom is -0.361 e. The molecule has 0 saturated carbocycles. The van der Waals surface area contributed by atoms with E-state index in [1.165, 1.54) is 18.4 Å². The minimum absolute atomic E-state index is 0.0977. The van der Waals surface area contributed by atoms with Crippen LogP contribution >= 0.6 is 0 Å². The molecule has 0 bridgehead atoms. The lowest BCUT2D eigenvalue weighted by molar-refractivity contribution is 0.191. The Kier molecular flexibility index (Phi) is 4.34. The maximum absolute atomic E-state index is 5.57. The SMILES string of the molecule is CN(Cc1noc2c1CCCC2)C1CN(c2ccc3nnc(C(C)(C)C)n3n2)C1. The molecule has 1 fully saturated rings.